The van der Waals surface area contributed by atoms with Crippen molar-refractivity contribution in [2.24, 2.45) is 0 Å². The van der Waals surface area contributed by atoms with Crippen LogP contribution in [0.25, 0.3) is 22.4 Å². The first-order valence-corrected chi connectivity index (χ1v) is 10.6. The van der Waals surface area contributed by atoms with Gasteiger partial charge in [-0.2, -0.15) is 19.7 Å². The summed E-state index contributed by atoms with van der Waals surface area (Å²) in [6.45, 7) is 3.02. The van der Waals surface area contributed by atoms with Gasteiger partial charge in [-0.3, -0.25) is 4.79 Å². The number of morpholine rings is 1. The summed E-state index contributed by atoms with van der Waals surface area (Å²) >= 11 is 0. The Bertz CT molecular complexity index is 1120. The highest BCUT2D eigenvalue weighted by Gasteiger charge is 2.26. The number of sulfonamides is 1. The molecule has 0 aliphatic carbocycles. The second-order valence-electron chi connectivity index (χ2n) is 6.70. The van der Waals surface area contributed by atoms with Gasteiger partial charge in [0.05, 0.1) is 18.1 Å². The van der Waals surface area contributed by atoms with Crippen LogP contribution in [-0.2, 0) is 14.8 Å². The van der Waals surface area contributed by atoms with Gasteiger partial charge in [0.2, 0.25) is 10.0 Å². The van der Waals surface area contributed by atoms with Crippen LogP contribution in [0.4, 0.5) is 0 Å². The molecule has 0 spiro atoms. The second-order valence-corrected chi connectivity index (χ2v) is 8.63. The number of aromatic nitrogens is 3. The molecule has 4 rings (SSSR count). The summed E-state index contributed by atoms with van der Waals surface area (Å²) in [6.07, 6.45) is 0. The van der Waals surface area contributed by atoms with Crippen LogP contribution in [0.5, 0.6) is 0 Å². The fourth-order valence-corrected chi connectivity index (χ4v) is 4.66. The average molecular weight is 412 g/mol. The molecule has 0 radical (unpaired) electrons. The summed E-state index contributed by atoms with van der Waals surface area (Å²) in [6, 6.07) is 14.4. The Kier molecular flexibility index (Phi) is 5.27. The smallest absolute Gasteiger partial charge is 0.243 e. The van der Waals surface area contributed by atoms with Crippen LogP contribution in [0.3, 0.4) is 0 Å². The highest BCUT2D eigenvalue weighted by molar-refractivity contribution is 7.89. The lowest BCUT2D eigenvalue weighted by atomic mass is 10.0. The Balaban J connectivity index is 1.56. The zero-order valence-corrected chi connectivity index (χ0v) is 16.6. The Labute approximate surface area is 168 Å². The van der Waals surface area contributed by atoms with Crippen molar-refractivity contribution in [2.45, 2.75) is 11.8 Å². The van der Waals surface area contributed by atoms with Crippen LogP contribution in [-0.4, -0.2) is 60.2 Å². The highest BCUT2D eigenvalue weighted by Crippen LogP contribution is 2.27. The third-order valence-electron chi connectivity index (χ3n) is 4.84. The lowest BCUT2D eigenvalue weighted by Crippen LogP contribution is -2.40. The molecule has 0 unspecified atom stereocenters. The summed E-state index contributed by atoms with van der Waals surface area (Å²) in [4.78, 5) is 11.9. The third kappa shape index (κ3) is 3.84. The van der Waals surface area contributed by atoms with Gasteiger partial charge < -0.3 is 4.74 Å². The first-order valence-electron chi connectivity index (χ1n) is 9.17. The van der Waals surface area contributed by atoms with Crippen molar-refractivity contribution in [1.29, 1.82) is 0 Å². The molecule has 1 saturated heterocycles. The van der Waals surface area contributed by atoms with Gasteiger partial charge in [0.25, 0.3) is 0 Å². The number of carbonyl (C=O) groups is 1. The van der Waals surface area contributed by atoms with Crippen LogP contribution >= 0.6 is 0 Å². The normalized spacial score (nSPS) is 15.3. The van der Waals surface area contributed by atoms with Crippen LogP contribution in [0, 0.1) is 0 Å². The van der Waals surface area contributed by atoms with Gasteiger partial charge in [0, 0.05) is 25.6 Å². The number of H-pyrrole nitrogens is 1. The molecule has 1 fully saturated rings. The zero-order chi connectivity index (χ0) is 20.4. The topological polar surface area (TPSA) is 105 Å². The molecule has 1 aromatic heterocycles. The van der Waals surface area contributed by atoms with Crippen molar-refractivity contribution in [3.05, 3.63) is 54.2 Å². The second kappa shape index (κ2) is 7.86. The van der Waals surface area contributed by atoms with E-state index in [0.717, 1.165) is 16.7 Å². The van der Waals surface area contributed by atoms with Crippen molar-refractivity contribution in [3.8, 4) is 22.4 Å². The maximum atomic E-state index is 12.7. The predicted molar refractivity (Wildman–Crippen MR) is 107 cm³/mol. The van der Waals surface area contributed by atoms with E-state index in [1.807, 2.05) is 24.3 Å². The highest BCUT2D eigenvalue weighted by atomic mass is 32.2. The minimum absolute atomic E-state index is 0.158. The van der Waals surface area contributed by atoms with Gasteiger partial charge in [-0.25, -0.2) is 8.42 Å². The van der Waals surface area contributed by atoms with Crippen molar-refractivity contribution in [1.82, 2.24) is 19.7 Å². The standard InChI is InChI=1S/C20H20N4O4S/c1-14(25)19-20(22-23-21-19)17-4-2-15(3-5-17)16-6-8-18(9-7-16)29(26,27)24-10-12-28-13-11-24/h2-9H,10-13H2,1H3,(H,21,22,23). The van der Waals surface area contributed by atoms with Crippen molar-refractivity contribution >= 4 is 15.8 Å². The van der Waals surface area contributed by atoms with Gasteiger partial charge in [0.1, 0.15) is 5.69 Å². The lowest BCUT2D eigenvalue weighted by molar-refractivity contribution is 0.0730. The summed E-state index contributed by atoms with van der Waals surface area (Å²) in [7, 11) is -3.51. The van der Waals surface area contributed by atoms with Crippen LogP contribution in [0.15, 0.2) is 53.4 Å². The number of ether oxygens (including phenoxy) is 1. The van der Waals surface area contributed by atoms with Gasteiger partial charge in [-0.05, 0) is 23.3 Å². The number of ketones is 1. The van der Waals surface area contributed by atoms with Crippen LogP contribution in [0.1, 0.15) is 17.4 Å². The van der Waals surface area contributed by atoms with Gasteiger partial charge >= 0.3 is 0 Å². The maximum absolute atomic E-state index is 12.7. The van der Waals surface area contributed by atoms with E-state index >= 15 is 0 Å². The van der Waals surface area contributed by atoms with Gasteiger partial charge in [-0.1, -0.05) is 36.4 Å². The number of Topliss-reactive ketones (excluding diaryl/α,β-unsaturated/α-hetero) is 1. The Morgan fingerprint density at radius 2 is 1.48 bits per heavy atom. The number of benzene rings is 2. The Morgan fingerprint density at radius 1 is 0.931 bits per heavy atom. The molecule has 150 valence electrons. The van der Waals surface area contributed by atoms with Crippen LogP contribution < -0.4 is 0 Å². The molecule has 1 aliphatic rings. The fourth-order valence-electron chi connectivity index (χ4n) is 3.25. The molecule has 0 amide bonds. The number of nitrogens with zero attached hydrogens (tertiary/aromatic N) is 3. The number of hydrogen-bond acceptors (Lipinski definition) is 6. The molecule has 1 N–H and O–H groups in total. The summed E-state index contributed by atoms with van der Waals surface area (Å²) < 4.78 is 32.1. The summed E-state index contributed by atoms with van der Waals surface area (Å²) in [5.41, 5.74) is 3.41. The van der Waals surface area contributed by atoms with E-state index in [1.165, 1.54) is 11.2 Å². The predicted octanol–water partition coefficient (Wildman–Crippen LogP) is 2.36. The Hall–Kier alpha value is -2.88. The average Bonchev–Trinajstić information content (AvgIpc) is 3.25. The Morgan fingerprint density at radius 3 is 2.07 bits per heavy atom. The van der Waals surface area contributed by atoms with Crippen LogP contribution in [0.2, 0.25) is 0 Å². The van der Waals surface area contributed by atoms with Crippen molar-refractivity contribution in [2.75, 3.05) is 26.3 Å². The molecule has 1 aliphatic heterocycles. The molecule has 9 heteroatoms. The van der Waals surface area contributed by atoms with E-state index < -0.39 is 10.0 Å². The molecule has 3 aromatic rings. The van der Waals surface area contributed by atoms with E-state index in [9.17, 15) is 13.2 Å². The largest absolute Gasteiger partial charge is 0.379 e. The number of nitrogens with one attached hydrogen (secondary N) is 1. The zero-order valence-electron chi connectivity index (χ0n) is 15.8. The molecule has 29 heavy (non-hydrogen) atoms. The number of hydrogen-bond donors (Lipinski definition) is 1. The third-order valence-corrected chi connectivity index (χ3v) is 6.75. The molecule has 2 aromatic carbocycles. The number of carbonyl (C=O) groups excluding carboxylic acids is 1. The molecular formula is C20H20N4O4S. The van der Waals surface area contributed by atoms with E-state index in [0.29, 0.717) is 37.7 Å². The van der Waals surface area contributed by atoms with Gasteiger partial charge in [-0.15, -0.1) is 0 Å². The number of rotatable bonds is 5. The molecule has 8 nitrogen and oxygen atoms in total. The first-order chi connectivity index (χ1) is 14.0. The molecule has 0 bridgehead atoms. The molecule has 0 saturated carbocycles. The van der Waals surface area contributed by atoms with E-state index in [4.69, 9.17) is 4.74 Å². The molecular weight excluding hydrogens is 392 g/mol. The number of aromatic amines is 1. The van der Waals surface area contributed by atoms with E-state index in [1.54, 1.807) is 24.3 Å². The summed E-state index contributed by atoms with van der Waals surface area (Å²) in [5.74, 6) is -0.158. The van der Waals surface area contributed by atoms with Gasteiger partial charge in [0.15, 0.2) is 11.5 Å². The quantitative estimate of drug-likeness (QED) is 0.645. The van der Waals surface area contributed by atoms with Crippen molar-refractivity contribution < 1.29 is 17.9 Å². The minimum atomic E-state index is -3.51. The lowest BCUT2D eigenvalue weighted by Gasteiger charge is -2.26. The minimum Gasteiger partial charge on any atom is -0.379 e. The molecule has 0 atom stereocenters. The first kappa shape index (κ1) is 19.4. The van der Waals surface area contributed by atoms with Crippen molar-refractivity contribution in [3.63, 3.8) is 0 Å². The molecule has 2 heterocycles. The summed E-state index contributed by atoms with van der Waals surface area (Å²) in [5, 5.41) is 10.4. The monoisotopic (exact) mass is 412 g/mol. The fraction of sp³-hybridized carbons (Fsp3) is 0.250. The van der Waals surface area contributed by atoms with E-state index in [-0.39, 0.29) is 10.7 Å². The van der Waals surface area contributed by atoms with E-state index in [2.05, 4.69) is 15.4 Å². The maximum Gasteiger partial charge on any atom is 0.243 e. The SMILES string of the molecule is CC(=O)c1n[nH]nc1-c1ccc(-c2ccc(S(=O)(=O)N3CCOCC3)cc2)cc1.